The first kappa shape index (κ1) is 17.8. The summed E-state index contributed by atoms with van der Waals surface area (Å²) in [6.07, 6.45) is 1.55. The number of amides is 1. The van der Waals surface area contributed by atoms with Crippen LogP contribution in [0, 0.1) is 0 Å². The second-order valence-corrected chi connectivity index (χ2v) is 8.40. The molecule has 1 saturated heterocycles. The number of sulfonamides is 1. The molecule has 1 aliphatic heterocycles. The molecule has 7 heteroatoms. The van der Waals surface area contributed by atoms with Gasteiger partial charge in [0, 0.05) is 23.7 Å². The number of anilines is 1. The number of halogens is 1. The van der Waals surface area contributed by atoms with E-state index < -0.39 is 10.0 Å². The summed E-state index contributed by atoms with van der Waals surface area (Å²) in [4.78, 5) is 12.2. The van der Waals surface area contributed by atoms with E-state index in [0.29, 0.717) is 35.8 Å². The minimum absolute atomic E-state index is 0.175. The molecule has 3 rings (SSSR count). The van der Waals surface area contributed by atoms with E-state index in [1.54, 1.807) is 36.4 Å². The van der Waals surface area contributed by atoms with Crippen molar-refractivity contribution in [2.24, 2.45) is 0 Å². The van der Waals surface area contributed by atoms with Crippen molar-refractivity contribution >= 4 is 33.2 Å². The average molecular weight is 379 g/mol. The predicted octanol–water partition coefficient (Wildman–Crippen LogP) is 3.20. The van der Waals surface area contributed by atoms with Gasteiger partial charge in [0.15, 0.2) is 0 Å². The van der Waals surface area contributed by atoms with Crippen molar-refractivity contribution in [3.05, 3.63) is 64.7 Å². The highest BCUT2D eigenvalue weighted by atomic mass is 35.5. The molecule has 0 aliphatic carbocycles. The van der Waals surface area contributed by atoms with Crippen molar-refractivity contribution in [2.75, 3.05) is 16.6 Å². The van der Waals surface area contributed by atoms with Crippen LogP contribution in [-0.2, 0) is 16.6 Å². The van der Waals surface area contributed by atoms with E-state index in [2.05, 4.69) is 5.32 Å². The lowest BCUT2D eigenvalue weighted by molar-refractivity contribution is 0.0951. The Morgan fingerprint density at radius 3 is 2.56 bits per heavy atom. The summed E-state index contributed by atoms with van der Waals surface area (Å²) in [5.41, 5.74) is 2.00. The van der Waals surface area contributed by atoms with Crippen LogP contribution in [0.3, 0.4) is 0 Å². The van der Waals surface area contributed by atoms with Crippen LogP contribution < -0.4 is 9.62 Å². The summed E-state index contributed by atoms with van der Waals surface area (Å²) in [7, 11) is -3.24. The van der Waals surface area contributed by atoms with Gasteiger partial charge in [-0.1, -0.05) is 23.7 Å². The van der Waals surface area contributed by atoms with Crippen LogP contribution in [0.4, 0.5) is 5.69 Å². The molecule has 1 fully saturated rings. The number of hydrogen-bond donors (Lipinski definition) is 1. The van der Waals surface area contributed by atoms with E-state index in [1.807, 2.05) is 12.1 Å². The zero-order chi connectivity index (χ0) is 17.9. The Morgan fingerprint density at radius 1 is 1.12 bits per heavy atom. The fourth-order valence-corrected chi connectivity index (χ4v) is 4.64. The van der Waals surface area contributed by atoms with Crippen LogP contribution >= 0.6 is 11.6 Å². The third kappa shape index (κ3) is 4.32. The van der Waals surface area contributed by atoms with Gasteiger partial charge in [0.05, 0.1) is 11.4 Å². The van der Waals surface area contributed by atoms with Gasteiger partial charge in [-0.2, -0.15) is 0 Å². The summed E-state index contributed by atoms with van der Waals surface area (Å²) in [6.45, 7) is 0.865. The van der Waals surface area contributed by atoms with Crippen LogP contribution in [0.1, 0.15) is 28.8 Å². The van der Waals surface area contributed by atoms with Crippen molar-refractivity contribution in [2.45, 2.75) is 19.4 Å². The molecule has 0 radical (unpaired) electrons. The van der Waals surface area contributed by atoms with Crippen molar-refractivity contribution in [1.29, 1.82) is 0 Å². The minimum Gasteiger partial charge on any atom is -0.348 e. The summed E-state index contributed by atoms with van der Waals surface area (Å²) < 4.78 is 25.7. The molecule has 2 aromatic carbocycles. The molecule has 25 heavy (non-hydrogen) atoms. The number of nitrogens with zero attached hydrogens (tertiary/aromatic N) is 1. The highest BCUT2D eigenvalue weighted by Gasteiger charge is 2.25. The lowest BCUT2D eigenvalue weighted by Crippen LogP contribution is -2.37. The second kappa shape index (κ2) is 7.45. The fourth-order valence-electron chi connectivity index (χ4n) is 2.79. The number of hydrogen-bond acceptors (Lipinski definition) is 3. The molecule has 1 aliphatic rings. The van der Waals surface area contributed by atoms with Crippen LogP contribution in [0.2, 0.25) is 5.02 Å². The number of carbonyl (C=O) groups is 1. The van der Waals surface area contributed by atoms with Crippen LogP contribution in [0.15, 0.2) is 48.5 Å². The van der Waals surface area contributed by atoms with Crippen molar-refractivity contribution in [3.63, 3.8) is 0 Å². The lowest BCUT2D eigenvalue weighted by Gasteiger charge is -2.28. The maximum atomic E-state index is 12.2. The zero-order valence-electron chi connectivity index (χ0n) is 13.6. The molecular weight excluding hydrogens is 360 g/mol. The molecule has 0 bridgehead atoms. The number of benzene rings is 2. The summed E-state index contributed by atoms with van der Waals surface area (Å²) >= 11 is 5.92. The van der Waals surface area contributed by atoms with Crippen molar-refractivity contribution in [3.8, 4) is 0 Å². The summed E-state index contributed by atoms with van der Waals surface area (Å²) in [5, 5.41) is 3.45. The van der Waals surface area contributed by atoms with Gasteiger partial charge in [0.25, 0.3) is 5.91 Å². The lowest BCUT2D eigenvalue weighted by atomic mass is 10.1. The van der Waals surface area contributed by atoms with Crippen molar-refractivity contribution in [1.82, 2.24) is 5.32 Å². The zero-order valence-corrected chi connectivity index (χ0v) is 15.2. The van der Waals surface area contributed by atoms with Gasteiger partial charge in [0.1, 0.15) is 0 Å². The second-order valence-electron chi connectivity index (χ2n) is 5.95. The van der Waals surface area contributed by atoms with Crippen LogP contribution in [-0.4, -0.2) is 26.6 Å². The Labute approximate surface area is 152 Å². The van der Waals surface area contributed by atoms with Gasteiger partial charge in [-0.25, -0.2) is 8.42 Å². The maximum absolute atomic E-state index is 12.2. The first-order chi connectivity index (χ1) is 12.0. The molecule has 0 atom stereocenters. The SMILES string of the molecule is O=C(NCc1cccc(Cl)c1)c1ccc(N2CCCCS2(=O)=O)cc1. The van der Waals surface area contributed by atoms with Gasteiger partial charge in [-0.3, -0.25) is 9.10 Å². The first-order valence-electron chi connectivity index (χ1n) is 8.09. The smallest absolute Gasteiger partial charge is 0.251 e. The van der Waals surface area contributed by atoms with E-state index in [1.165, 1.54) is 4.31 Å². The summed E-state index contributed by atoms with van der Waals surface area (Å²) in [5.74, 6) is -0.0393. The predicted molar refractivity (Wildman–Crippen MR) is 99.4 cm³/mol. The van der Waals surface area contributed by atoms with E-state index in [9.17, 15) is 13.2 Å². The van der Waals surface area contributed by atoms with E-state index in [0.717, 1.165) is 12.0 Å². The topological polar surface area (TPSA) is 66.5 Å². The normalized spacial score (nSPS) is 16.4. The average Bonchev–Trinajstić information content (AvgIpc) is 2.60. The Hall–Kier alpha value is -2.05. The Balaban J connectivity index is 1.66. The molecule has 2 aromatic rings. The molecule has 1 N–H and O–H groups in total. The third-order valence-corrected chi connectivity index (χ3v) is 6.21. The highest BCUT2D eigenvalue weighted by molar-refractivity contribution is 7.92. The number of nitrogens with one attached hydrogen (secondary N) is 1. The molecular formula is C18H19ClN2O3S. The van der Waals surface area contributed by atoms with Crippen molar-refractivity contribution < 1.29 is 13.2 Å². The van der Waals surface area contributed by atoms with Gasteiger partial charge < -0.3 is 5.32 Å². The van der Waals surface area contributed by atoms with Gasteiger partial charge in [0.2, 0.25) is 10.0 Å². The molecule has 1 amide bonds. The maximum Gasteiger partial charge on any atom is 0.251 e. The fraction of sp³-hybridized carbons (Fsp3) is 0.278. The van der Waals surface area contributed by atoms with E-state index in [-0.39, 0.29) is 11.7 Å². The summed E-state index contributed by atoms with van der Waals surface area (Å²) in [6, 6.07) is 13.9. The molecule has 1 heterocycles. The number of carbonyl (C=O) groups excluding carboxylic acids is 1. The van der Waals surface area contributed by atoms with Crippen LogP contribution in [0.25, 0.3) is 0 Å². The minimum atomic E-state index is -3.24. The third-order valence-electron chi connectivity index (χ3n) is 4.11. The Kier molecular flexibility index (Phi) is 5.30. The van der Waals surface area contributed by atoms with Gasteiger partial charge in [-0.05, 0) is 54.8 Å². The molecule has 0 saturated carbocycles. The molecule has 5 nitrogen and oxygen atoms in total. The Bertz CT molecular complexity index is 866. The first-order valence-corrected chi connectivity index (χ1v) is 10.1. The molecule has 132 valence electrons. The monoisotopic (exact) mass is 378 g/mol. The molecule has 0 spiro atoms. The van der Waals surface area contributed by atoms with Gasteiger partial charge in [-0.15, -0.1) is 0 Å². The largest absolute Gasteiger partial charge is 0.348 e. The molecule has 0 unspecified atom stereocenters. The van der Waals surface area contributed by atoms with E-state index in [4.69, 9.17) is 11.6 Å². The van der Waals surface area contributed by atoms with E-state index >= 15 is 0 Å². The Morgan fingerprint density at radius 2 is 1.88 bits per heavy atom. The number of rotatable bonds is 4. The quantitative estimate of drug-likeness (QED) is 0.888. The highest BCUT2D eigenvalue weighted by Crippen LogP contribution is 2.23. The van der Waals surface area contributed by atoms with Crippen LogP contribution in [0.5, 0.6) is 0 Å². The molecule has 0 aromatic heterocycles. The standard InChI is InChI=1S/C18H19ClN2O3S/c19-16-5-3-4-14(12-16)13-20-18(22)15-6-8-17(9-7-15)21-10-1-2-11-25(21,23)24/h3-9,12H,1-2,10-11,13H2,(H,20,22). The van der Waals surface area contributed by atoms with Gasteiger partial charge >= 0.3 is 0 Å².